The van der Waals surface area contributed by atoms with Crippen LogP contribution in [0, 0.1) is 0 Å². The molecule has 0 bridgehead atoms. The molecule has 0 aliphatic carbocycles. The second kappa shape index (κ2) is 6.54. The Bertz CT molecular complexity index is 597. The average molecular weight is 270 g/mol. The monoisotopic (exact) mass is 270 g/mol. The van der Waals surface area contributed by atoms with Crippen molar-refractivity contribution in [1.29, 1.82) is 0 Å². The van der Waals surface area contributed by atoms with Crippen LogP contribution in [0.15, 0.2) is 48.5 Å². The van der Waals surface area contributed by atoms with Crippen LogP contribution in [0.1, 0.15) is 20.7 Å². The first kappa shape index (κ1) is 13.8. The highest BCUT2D eigenvalue weighted by molar-refractivity contribution is 6.36. The highest BCUT2D eigenvalue weighted by Crippen LogP contribution is 2.18. The van der Waals surface area contributed by atoms with Crippen molar-refractivity contribution >= 4 is 19.9 Å². The lowest BCUT2D eigenvalue weighted by atomic mass is 10.1. The molecule has 0 amide bonds. The predicted molar refractivity (Wildman–Crippen MR) is 72.9 cm³/mol. The zero-order valence-electron chi connectivity index (χ0n) is 10.4. The molecule has 100 valence electrons. The van der Waals surface area contributed by atoms with Gasteiger partial charge in [-0.2, -0.15) is 0 Å². The smallest absolute Gasteiger partial charge is 0.501 e. The number of aldehydes is 2. The first-order valence-corrected chi connectivity index (χ1v) is 5.84. The van der Waals surface area contributed by atoms with Gasteiger partial charge in [0, 0.05) is 5.56 Å². The van der Waals surface area contributed by atoms with Crippen LogP contribution in [-0.2, 0) is 0 Å². The number of carbonyl (C=O) groups excluding carboxylic acids is 2. The molecule has 0 aliphatic heterocycles. The van der Waals surface area contributed by atoms with Crippen LogP contribution in [0.2, 0.25) is 0 Å². The van der Waals surface area contributed by atoms with Gasteiger partial charge in [-0.15, -0.1) is 0 Å². The zero-order valence-corrected chi connectivity index (χ0v) is 10.4. The Labute approximate surface area is 115 Å². The van der Waals surface area contributed by atoms with Gasteiger partial charge in [-0.05, 0) is 36.4 Å². The summed E-state index contributed by atoms with van der Waals surface area (Å²) in [4.78, 5) is 21.3. The summed E-state index contributed by atoms with van der Waals surface area (Å²) in [5, 5.41) is 9.67. The second-order valence-electron chi connectivity index (χ2n) is 3.89. The molecule has 2 rings (SSSR count). The molecule has 0 saturated heterocycles. The third kappa shape index (κ3) is 3.46. The van der Waals surface area contributed by atoms with Crippen LogP contribution in [0.3, 0.4) is 0 Å². The highest BCUT2D eigenvalue weighted by atomic mass is 16.7. The molecular formula is C14H11BO5. The van der Waals surface area contributed by atoms with E-state index in [0.717, 1.165) is 0 Å². The molecule has 0 aliphatic rings. The minimum Gasteiger partial charge on any atom is -0.501 e. The highest BCUT2D eigenvalue weighted by Gasteiger charge is 2.22. The quantitative estimate of drug-likeness (QED) is 0.639. The number of rotatable bonds is 6. The minimum atomic E-state index is -1.56. The number of hydrogen-bond acceptors (Lipinski definition) is 5. The van der Waals surface area contributed by atoms with Gasteiger partial charge in [-0.25, -0.2) is 0 Å². The largest absolute Gasteiger partial charge is 0.785 e. The molecule has 6 heteroatoms. The summed E-state index contributed by atoms with van der Waals surface area (Å²) in [7, 11) is -1.56. The Hall–Kier alpha value is -2.60. The molecule has 0 aromatic heterocycles. The SMILES string of the molecule is O=Cc1ccc(OB(O)Oc2ccccc2C=O)cc1. The fourth-order valence-electron chi connectivity index (χ4n) is 1.56. The van der Waals surface area contributed by atoms with Crippen LogP contribution in [-0.4, -0.2) is 24.9 Å². The van der Waals surface area contributed by atoms with Crippen molar-refractivity contribution in [1.82, 2.24) is 0 Å². The van der Waals surface area contributed by atoms with Gasteiger partial charge in [-0.3, -0.25) is 9.59 Å². The summed E-state index contributed by atoms with van der Waals surface area (Å²) in [5.41, 5.74) is 0.811. The number of benzene rings is 2. The van der Waals surface area contributed by atoms with Crippen molar-refractivity contribution < 1.29 is 23.9 Å². The molecule has 0 atom stereocenters. The molecule has 0 heterocycles. The molecule has 0 saturated carbocycles. The molecule has 0 spiro atoms. The van der Waals surface area contributed by atoms with Gasteiger partial charge < -0.3 is 14.3 Å². The Morgan fingerprint density at radius 2 is 1.60 bits per heavy atom. The van der Waals surface area contributed by atoms with Gasteiger partial charge in [0.05, 0.1) is 5.56 Å². The standard InChI is InChI=1S/C14H11BO5/c16-9-11-5-7-13(8-6-11)19-15(18)20-14-4-2-1-3-12(14)10-17/h1-10,18H. The lowest BCUT2D eigenvalue weighted by Gasteiger charge is -2.12. The molecular weight excluding hydrogens is 259 g/mol. The van der Waals surface area contributed by atoms with Crippen molar-refractivity contribution in [3.8, 4) is 11.5 Å². The summed E-state index contributed by atoms with van der Waals surface area (Å²) < 4.78 is 10.2. The van der Waals surface area contributed by atoms with Crippen LogP contribution in [0.25, 0.3) is 0 Å². The molecule has 2 aromatic rings. The molecule has 0 fully saturated rings. The Morgan fingerprint density at radius 1 is 0.900 bits per heavy atom. The van der Waals surface area contributed by atoms with Gasteiger partial charge in [-0.1, -0.05) is 12.1 Å². The van der Waals surface area contributed by atoms with E-state index in [2.05, 4.69) is 0 Å². The van der Waals surface area contributed by atoms with Gasteiger partial charge in [0.2, 0.25) is 0 Å². The summed E-state index contributed by atoms with van der Waals surface area (Å²) in [6.07, 6.45) is 1.33. The summed E-state index contributed by atoms with van der Waals surface area (Å²) in [6, 6.07) is 12.6. The van der Waals surface area contributed by atoms with Gasteiger partial charge >= 0.3 is 7.32 Å². The van der Waals surface area contributed by atoms with Gasteiger partial charge in [0.25, 0.3) is 0 Å². The maximum absolute atomic E-state index is 10.8. The van der Waals surface area contributed by atoms with E-state index in [1.807, 2.05) is 0 Å². The van der Waals surface area contributed by atoms with E-state index in [4.69, 9.17) is 9.31 Å². The molecule has 0 unspecified atom stereocenters. The topological polar surface area (TPSA) is 72.8 Å². The fraction of sp³-hybridized carbons (Fsp3) is 0. The normalized spacial score (nSPS) is 9.65. The van der Waals surface area contributed by atoms with E-state index >= 15 is 0 Å². The molecule has 1 N–H and O–H groups in total. The second-order valence-corrected chi connectivity index (χ2v) is 3.89. The first-order chi connectivity index (χ1) is 9.72. The van der Waals surface area contributed by atoms with Crippen LogP contribution in [0.5, 0.6) is 11.5 Å². The Morgan fingerprint density at radius 3 is 2.25 bits per heavy atom. The maximum atomic E-state index is 10.8. The van der Waals surface area contributed by atoms with Crippen molar-refractivity contribution in [3.05, 3.63) is 59.7 Å². The molecule has 2 aromatic carbocycles. The Balaban J connectivity index is 2.02. The van der Waals surface area contributed by atoms with Crippen molar-refractivity contribution in [2.24, 2.45) is 0 Å². The van der Waals surface area contributed by atoms with E-state index < -0.39 is 7.32 Å². The van der Waals surface area contributed by atoms with Crippen molar-refractivity contribution in [3.63, 3.8) is 0 Å². The zero-order chi connectivity index (χ0) is 14.4. The lowest BCUT2D eigenvalue weighted by molar-refractivity contribution is 0.111. The van der Waals surface area contributed by atoms with Crippen LogP contribution in [0.4, 0.5) is 0 Å². The third-order valence-electron chi connectivity index (χ3n) is 2.53. The summed E-state index contributed by atoms with van der Waals surface area (Å²) >= 11 is 0. The van der Waals surface area contributed by atoms with E-state index in [-0.39, 0.29) is 5.75 Å². The van der Waals surface area contributed by atoms with E-state index in [1.165, 1.54) is 12.1 Å². The number of para-hydroxylation sites is 1. The minimum absolute atomic E-state index is 0.222. The molecule has 20 heavy (non-hydrogen) atoms. The van der Waals surface area contributed by atoms with Gasteiger partial charge in [0.15, 0.2) is 6.29 Å². The van der Waals surface area contributed by atoms with Crippen molar-refractivity contribution in [2.45, 2.75) is 0 Å². The lowest BCUT2D eigenvalue weighted by Crippen LogP contribution is -2.30. The van der Waals surface area contributed by atoms with Crippen LogP contribution < -0.4 is 9.31 Å². The van der Waals surface area contributed by atoms with Crippen molar-refractivity contribution in [2.75, 3.05) is 0 Å². The fourth-order valence-corrected chi connectivity index (χ4v) is 1.56. The summed E-state index contributed by atoms with van der Waals surface area (Å²) in [5.74, 6) is 0.561. The first-order valence-electron chi connectivity index (χ1n) is 5.84. The predicted octanol–water partition coefficient (Wildman–Crippen LogP) is 1.75. The van der Waals surface area contributed by atoms with E-state index in [0.29, 0.717) is 29.4 Å². The third-order valence-corrected chi connectivity index (χ3v) is 2.53. The van der Waals surface area contributed by atoms with E-state index in [9.17, 15) is 14.6 Å². The number of carbonyl (C=O) groups is 2. The molecule has 5 nitrogen and oxygen atoms in total. The van der Waals surface area contributed by atoms with Gasteiger partial charge in [0.1, 0.15) is 17.8 Å². The maximum Gasteiger partial charge on any atom is 0.785 e. The van der Waals surface area contributed by atoms with Crippen LogP contribution >= 0.6 is 0 Å². The van der Waals surface area contributed by atoms with E-state index in [1.54, 1.807) is 36.4 Å². The average Bonchev–Trinajstić information content (AvgIpc) is 2.48. The Kier molecular flexibility index (Phi) is 4.52. The summed E-state index contributed by atoms with van der Waals surface area (Å²) in [6.45, 7) is 0. The number of hydrogen-bond donors (Lipinski definition) is 1. The molecule has 0 radical (unpaired) electrons.